The Hall–Kier alpha value is -1.40. The van der Waals surface area contributed by atoms with Crippen LogP contribution in [0.15, 0.2) is 12.2 Å². The van der Waals surface area contributed by atoms with Gasteiger partial charge in [0, 0.05) is 12.8 Å². The average Bonchev–Trinajstić information content (AvgIpc) is 3.52. The minimum absolute atomic E-state index is 0.0274. The molecule has 0 bridgehead atoms. The zero-order chi connectivity index (χ0) is 61.3. The highest BCUT2D eigenvalue weighted by Gasteiger charge is 2.20. The van der Waals surface area contributed by atoms with Crippen LogP contribution in [0.25, 0.3) is 0 Å². The van der Waals surface area contributed by atoms with Crippen molar-refractivity contribution < 1.29 is 24.5 Å². The minimum Gasteiger partial charge on any atom is -0.466 e. The molecule has 0 aromatic carbocycles. The van der Waals surface area contributed by atoms with E-state index in [1.807, 2.05) is 0 Å². The molecule has 0 saturated carbocycles. The van der Waals surface area contributed by atoms with Gasteiger partial charge in [-0.2, -0.15) is 0 Å². The Balaban J connectivity index is 3.29. The summed E-state index contributed by atoms with van der Waals surface area (Å²) in [7, 11) is 0. The topological polar surface area (TPSA) is 95.9 Å². The summed E-state index contributed by atoms with van der Waals surface area (Å²) in [4.78, 5) is 24.6. The lowest BCUT2D eigenvalue weighted by molar-refractivity contribution is -0.143. The second kappa shape index (κ2) is 75.1. The van der Waals surface area contributed by atoms with Crippen LogP contribution in [0.3, 0.4) is 0 Å². The molecule has 0 fully saturated rings. The molecule has 0 spiro atoms. The maximum absolute atomic E-state index is 12.5. The molecular weight excluding hydrogens is 1040 g/mol. The number of allylic oxidation sites excluding steroid dienone is 2. The SMILES string of the molecule is CCCCCCCCCCCCCCCCCCCCCC(=O)OCCCCCCCCCCCCCCCCCC/C=C\CCCCCCCCCCCCCCCCCCCC(=O)NC(CO)C(O)CCCCCCCCCCCCCC. The first kappa shape index (κ1) is 83.6. The number of esters is 1. The Kier molecular flexibility index (Phi) is 73.8. The molecule has 1 amide bonds. The van der Waals surface area contributed by atoms with Crippen LogP contribution in [0.1, 0.15) is 457 Å². The van der Waals surface area contributed by atoms with E-state index in [2.05, 4.69) is 31.3 Å². The molecule has 0 aliphatic heterocycles. The predicted octanol–water partition coefficient (Wildman–Crippen LogP) is 25.9. The molecule has 506 valence electrons. The summed E-state index contributed by atoms with van der Waals surface area (Å²) in [6.45, 7) is 5.00. The number of carbonyl (C=O) groups is 2. The largest absolute Gasteiger partial charge is 0.466 e. The molecule has 2 unspecified atom stereocenters. The lowest BCUT2D eigenvalue weighted by Crippen LogP contribution is -2.45. The number of aliphatic hydroxyl groups excluding tert-OH is 2. The third-order valence-corrected chi connectivity index (χ3v) is 18.8. The Labute approximate surface area is 533 Å². The summed E-state index contributed by atoms with van der Waals surface area (Å²) in [5.41, 5.74) is 0. The number of nitrogens with one attached hydrogen (secondary N) is 1. The van der Waals surface area contributed by atoms with Gasteiger partial charge in [-0.3, -0.25) is 9.59 Å². The van der Waals surface area contributed by atoms with E-state index >= 15 is 0 Å². The number of aliphatic hydroxyl groups is 2. The molecule has 0 radical (unpaired) electrons. The molecule has 0 heterocycles. The van der Waals surface area contributed by atoms with Crippen LogP contribution in [0.5, 0.6) is 0 Å². The van der Waals surface area contributed by atoms with Crippen molar-refractivity contribution in [3.8, 4) is 0 Å². The second-order valence-corrected chi connectivity index (χ2v) is 27.4. The summed E-state index contributed by atoms with van der Waals surface area (Å²) in [5.74, 6) is -0.00124. The number of unbranched alkanes of at least 4 members (excludes halogenated alkanes) is 62. The molecule has 0 aliphatic rings. The van der Waals surface area contributed by atoms with Gasteiger partial charge in [0.15, 0.2) is 0 Å². The smallest absolute Gasteiger partial charge is 0.305 e. The van der Waals surface area contributed by atoms with Crippen LogP contribution < -0.4 is 5.32 Å². The van der Waals surface area contributed by atoms with E-state index < -0.39 is 12.1 Å². The summed E-state index contributed by atoms with van der Waals surface area (Å²) < 4.78 is 5.52. The Morgan fingerprint density at radius 2 is 0.553 bits per heavy atom. The van der Waals surface area contributed by atoms with Gasteiger partial charge in [-0.1, -0.05) is 405 Å². The highest BCUT2D eigenvalue weighted by molar-refractivity contribution is 5.76. The maximum Gasteiger partial charge on any atom is 0.305 e. The first-order valence-electron chi connectivity index (χ1n) is 39.4. The number of carbonyl (C=O) groups excluding carboxylic acids is 2. The Bertz CT molecular complexity index is 1290. The molecule has 0 saturated heterocycles. The summed E-state index contributed by atoms with van der Waals surface area (Å²) >= 11 is 0. The monoisotopic (exact) mass is 1200 g/mol. The zero-order valence-electron chi connectivity index (χ0n) is 58.1. The van der Waals surface area contributed by atoms with Crippen LogP contribution >= 0.6 is 0 Å². The van der Waals surface area contributed by atoms with E-state index in [9.17, 15) is 19.8 Å². The van der Waals surface area contributed by atoms with Gasteiger partial charge in [0.05, 0.1) is 25.4 Å². The maximum atomic E-state index is 12.5. The van der Waals surface area contributed by atoms with Crippen molar-refractivity contribution in [2.75, 3.05) is 13.2 Å². The standard InChI is InChI=1S/C79H155NO5/c1-3-5-7-9-11-13-15-17-18-19-39-43-46-49-53-57-61-65-69-73-79(84)85-74-70-66-62-58-54-50-47-44-41-38-36-34-32-30-28-26-24-22-20-21-23-25-27-29-31-33-35-37-40-42-45-48-52-56-60-64-68-72-78(83)80-76(75-81)77(82)71-67-63-59-55-51-16-14-12-10-8-6-4-2/h20,22,76-77,81-82H,3-19,21,23-75H2,1-2H3,(H,80,83)/b22-20-. The zero-order valence-corrected chi connectivity index (χ0v) is 58.1. The van der Waals surface area contributed by atoms with Crippen molar-refractivity contribution in [2.45, 2.75) is 469 Å². The number of ether oxygens (including phenoxy) is 1. The van der Waals surface area contributed by atoms with Gasteiger partial charge in [-0.15, -0.1) is 0 Å². The average molecular weight is 1200 g/mol. The van der Waals surface area contributed by atoms with Gasteiger partial charge in [0.1, 0.15) is 0 Å². The molecule has 0 aromatic heterocycles. The van der Waals surface area contributed by atoms with Crippen molar-refractivity contribution in [1.29, 1.82) is 0 Å². The van der Waals surface area contributed by atoms with Gasteiger partial charge in [0.25, 0.3) is 0 Å². The molecule has 0 aromatic rings. The van der Waals surface area contributed by atoms with E-state index in [0.29, 0.717) is 25.9 Å². The van der Waals surface area contributed by atoms with Crippen molar-refractivity contribution in [2.24, 2.45) is 0 Å². The van der Waals surface area contributed by atoms with E-state index in [0.717, 1.165) is 38.5 Å². The van der Waals surface area contributed by atoms with Gasteiger partial charge >= 0.3 is 5.97 Å². The molecule has 2 atom stereocenters. The van der Waals surface area contributed by atoms with Gasteiger partial charge in [-0.25, -0.2) is 0 Å². The van der Waals surface area contributed by atoms with E-state index in [1.165, 1.54) is 385 Å². The van der Waals surface area contributed by atoms with Gasteiger partial charge in [-0.05, 0) is 51.4 Å². The highest BCUT2D eigenvalue weighted by atomic mass is 16.5. The fraction of sp³-hybridized carbons (Fsp3) is 0.949. The first-order chi connectivity index (χ1) is 42.0. The van der Waals surface area contributed by atoms with Crippen LogP contribution in [-0.2, 0) is 14.3 Å². The quantitative estimate of drug-likeness (QED) is 0.0320. The van der Waals surface area contributed by atoms with Crippen molar-refractivity contribution in [3.63, 3.8) is 0 Å². The van der Waals surface area contributed by atoms with E-state index in [4.69, 9.17) is 4.74 Å². The molecule has 85 heavy (non-hydrogen) atoms. The minimum atomic E-state index is -0.660. The molecule has 6 heteroatoms. The molecular formula is C79H155NO5. The van der Waals surface area contributed by atoms with E-state index in [1.54, 1.807) is 0 Å². The normalized spacial score (nSPS) is 12.5. The van der Waals surface area contributed by atoms with Crippen LogP contribution in [-0.4, -0.2) is 47.4 Å². The third-order valence-electron chi connectivity index (χ3n) is 18.8. The molecule has 6 nitrogen and oxygen atoms in total. The lowest BCUT2D eigenvalue weighted by atomic mass is 10.0. The van der Waals surface area contributed by atoms with Gasteiger partial charge in [0.2, 0.25) is 5.91 Å². The van der Waals surface area contributed by atoms with Crippen molar-refractivity contribution in [1.82, 2.24) is 5.32 Å². The third kappa shape index (κ3) is 71.6. The summed E-state index contributed by atoms with van der Waals surface area (Å²) in [6.07, 6.45) is 94.6. The fourth-order valence-corrected chi connectivity index (χ4v) is 12.8. The second-order valence-electron chi connectivity index (χ2n) is 27.4. The van der Waals surface area contributed by atoms with Crippen LogP contribution in [0.4, 0.5) is 0 Å². The summed E-state index contributed by atoms with van der Waals surface area (Å²) in [6, 6.07) is -0.537. The highest BCUT2D eigenvalue weighted by Crippen LogP contribution is 2.20. The van der Waals surface area contributed by atoms with E-state index in [-0.39, 0.29) is 18.5 Å². The number of rotatable bonds is 75. The van der Waals surface area contributed by atoms with Crippen molar-refractivity contribution >= 4 is 11.9 Å². The van der Waals surface area contributed by atoms with Crippen molar-refractivity contribution in [3.05, 3.63) is 12.2 Å². The molecule has 0 aliphatic carbocycles. The first-order valence-corrected chi connectivity index (χ1v) is 39.4. The predicted molar refractivity (Wildman–Crippen MR) is 375 cm³/mol. The lowest BCUT2D eigenvalue weighted by Gasteiger charge is -2.22. The van der Waals surface area contributed by atoms with Crippen LogP contribution in [0, 0.1) is 0 Å². The number of amides is 1. The number of hydrogen-bond acceptors (Lipinski definition) is 5. The van der Waals surface area contributed by atoms with Crippen LogP contribution in [0.2, 0.25) is 0 Å². The Morgan fingerprint density at radius 3 is 0.835 bits per heavy atom. The number of hydrogen-bond donors (Lipinski definition) is 3. The Morgan fingerprint density at radius 1 is 0.318 bits per heavy atom. The molecule has 3 N–H and O–H groups in total. The van der Waals surface area contributed by atoms with Gasteiger partial charge < -0.3 is 20.3 Å². The fourth-order valence-electron chi connectivity index (χ4n) is 12.8. The molecule has 0 rings (SSSR count). The summed E-state index contributed by atoms with van der Waals surface area (Å²) in [5, 5.41) is 23.3.